The first-order valence-corrected chi connectivity index (χ1v) is 6.73. The van der Waals surface area contributed by atoms with Crippen LogP contribution in [-0.4, -0.2) is 16.1 Å². The molecule has 3 heteroatoms. The summed E-state index contributed by atoms with van der Waals surface area (Å²) in [6.07, 6.45) is 7.28. The van der Waals surface area contributed by atoms with Gasteiger partial charge in [0.1, 0.15) is 0 Å². The highest BCUT2D eigenvalue weighted by Crippen LogP contribution is 2.23. The molecule has 0 saturated carbocycles. The molecule has 1 N–H and O–H groups in total. The van der Waals surface area contributed by atoms with Crippen molar-refractivity contribution in [2.45, 2.75) is 32.7 Å². The zero-order valence-electron chi connectivity index (χ0n) is 10.8. The van der Waals surface area contributed by atoms with Gasteiger partial charge in [0.05, 0.1) is 12.0 Å². The summed E-state index contributed by atoms with van der Waals surface area (Å²) >= 11 is 0. The first kappa shape index (κ1) is 11.5. The molecule has 0 atom stereocenters. The van der Waals surface area contributed by atoms with E-state index in [4.69, 9.17) is 0 Å². The molecular formula is C15H19N3. The van der Waals surface area contributed by atoms with Crippen LogP contribution in [-0.2, 0) is 19.4 Å². The van der Waals surface area contributed by atoms with E-state index in [1.54, 1.807) is 0 Å². The average Bonchev–Trinajstić information content (AvgIpc) is 2.87. The zero-order valence-corrected chi connectivity index (χ0v) is 10.8. The molecule has 18 heavy (non-hydrogen) atoms. The summed E-state index contributed by atoms with van der Waals surface area (Å²) in [7, 11) is 0. The topological polar surface area (TPSA) is 29.9 Å². The highest BCUT2D eigenvalue weighted by Gasteiger charge is 2.14. The van der Waals surface area contributed by atoms with Gasteiger partial charge in [-0.05, 0) is 36.6 Å². The van der Waals surface area contributed by atoms with Gasteiger partial charge in [0.15, 0.2) is 0 Å². The van der Waals surface area contributed by atoms with E-state index in [-0.39, 0.29) is 0 Å². The van der Waals surface area contributed by atoms with Crippen molar-refractivity contribution in [2.24, 2.45) is 0 Å². The van der Waals surface area contributed by atoms with E-state index < -0.39 is 0 Å². The summed E-state index contributed by atoms with van der Waals surface area (Å²) < 4.78 is 2.25. The number of benzene rings is 1. The molecule has 0 radical (unpaired) electrons. The average molecular weight is 241 g/mol. The fourth-order valence-electron chi connectivity index (χ4n) is 2.70. The lowest BCUT2D eigenvalue weighted by Gasteiger charge is -2.21. The summed E-state index contributed by atoms with van der Waals surface area (Å²) in [5.41, 5.74) is 5.50. The molecule has 2 heterocycles. The maximum atomic E-state index is 4.31. The molecule has 0 spiro atoms. The molecule has 1 aliphatic heterocycles. The van der Waals surface area contributed by atoms with Crippen LogP contribution in [0.2, 0.25) is 0 Å². The third-order valence-corrected chi connectivity index (χ3v) is 3.60. The Kier molecular flexibility index (Phi) is 3.15. The number of rotatable bonds is 3. The third kappa shape index (κ3) is 1.95. The van der Waals surface area contributed by atoms with Crippen molar-refractivity contribution in [2.75, 3.05) is 6.54 Å². The van der Waals surface area contributed by atoms with Crippen molar-refractivity contribution in [3.05, 3.63) is 47.5 Å². The van der Waals surface area contributed by atoms with Crippen LogP contribution in [0.1, 0.15) is 30.2 Å². The molecule has 1 aliphatic rings. The molecule has 0 unspecified atom stereocenters. The number of nitrogens with one attached hydrogen (secondary N) is 1. The van der Waals surface area contributed by atoms with Gasteiger partial charge in [0.25, 0.3) is 0 Å². The van der Waals surface area contributed by atoms with Crippen LogP contribution in [0.4, 0.5) is 0 Å². The van der Waals surface area contributed by atoms with Gasteiger partial charge in [-0.3, -0.25) is 0 Å². The van der Waals surface area contributed by atoms with Crippen LogP contribution < -0.4 is 5.32 Å². The van der Waals surface area contributed by atoms with Gasteiger partial charge in [-0.1, -0.05) is 25.5 Å². The highest BCUT2D eigenvalue weighted by atomic mass is 15.1. The van der Waals surface area contributed by atoms with E-state index in [0.29, 0.717) is 0 Å². The zero-order chi connectivity index (χ0) is 12.4. The Morgan fingerprint density at radius 2 is 2.33 bits per heavy atom. The molecule has 0 bridgehead atoms. The Labute approximate surface area is 108 Å². The van der Waals surface area contributed by atoms with Gasteiger partial charge in [0.2, 0.25) is 0 Å². The normalized spacial score (nSPS) is 14.5. The second-order valence-corrected chi connectivity index (χ2v) is 4.85. The molecule has 94 valence electrons. The predicted octanol–water partition coefficient (Wildman–Crippen LogP) is 2.47. The second-order valence-electron chi connectivity index (χ2n) is 4.85. The molecule has 0 aliphatic carbocycles. The molecule has 3 nitrogen and oxygen atoms in total. The van der Waals surface area contributed by atoms with Gasteiger partial charge in [-0.2, -0.15) is 0 Å². The van der Waals surface area contributed by atoms with Crippen molar-refractivity contribution in [1.29, 1.82) is 0 Å². The Hall–Kier alpha value is -1.61. The lowest BCUT2D eigenvalue weighted by atomic mass is 9.99. The lowest BCUT2D eigenvalue weighted by Crippen LogP contribution is -2.25. The van der Waals surface area contributed by atoms with Crippen LogP contribution in [0, 0.1) is 0 Å². The minimum absolute atomic E-state index is 0.968. The van der Waals surface area contributed by atoms with Crippen molar-refractivity contribution in [1.82, 2.24) is 14.9 Å². The summed E-state index contributed by atoms with van der Waals surface area (Å²) in [4.78, 5) is 4.31. The molecule has 3 rings (SSSR count). The second kappa shape index (κ2) is 4.94. The van der Waals surface area contributed by atoms with E-state index >= 15 is 0 Å². The predicted molar refractivity (Wildman–Crippen MR) is 73.0 cm³/mol. The minimum Gasteiger partial charge on any atom is -0.312 e. The molecular weight excluding hydrogens is 222 g/mol. The van der Waals surface area contributed by atoms with E-state index in [1.807, 2.05) is 12.5 Å². The maximum absolute atomic E-state index is 4.31. The molecule has 1 aromatic carbocycles. The summed E-state index contributed by atoms with van der Waals surface area (Å²) in [5.74, 6) is 0. The van der Waals surface area contributed by atoms with Crippen LogP contribution in [0.15, 0.2) is 30.7 Å². The molecule has 0 saturated heterocycles. The van der Waals surface area contributed by atoms with Gasteiger partial charge >= 0.3 is 0 Å². The number of aromatic nitrogens is 2. The molecule has 2 aromatic rings. The Morgan fingerprint density at radius 1 is 1.39 bits per heavy atom. The monoisotopic (exact) mass is 241 g/mol. The number of hydrogen-bond acceptors (Lipinski definition) is 2. The van der Waals surface area contributed by atoms with Gasteiger partial charge < -0.3 is 9.88 Å². The molecule has 1 aromatic heterocycles. The van der Waals surface area contributed by atoms with Crippen molar-refractivity contribution in [3.8, 4) is 5.69 Å². The maximum Gasteiger partial charge on any atom is 0.0994 e. The molecule has 0 fully saturated rings. The fraction of sp³-hybridized carbons (Fsp3) is 0.400. The lowest BCUT2D eigenvalue weighted by molar-refractivity contribution is 0.639. The van der Waals surface area contributed by atoms with E-state index in [0.717, 1.165) is 32.4 Å². The summed E-state index contributed by atoms with van der Waals surface area (Å²) in [6, 6.07) is 6.61. The van der Waals surface area contributed by atoms with Gasteiger partial charge in [-0.15, -0.1) is 0 Å². The Morgan fingerprint density at radius 3 is 3.22 bits per heavy atom. The Balaban J connectivity index is 2.08. The Bertz CT molecular complexity index is 542. The summed E-state index contributed by atoms with van der Waals surface area (Å²) in [5, 5.41) is 3.46. The molecule has 0 amide bonds. The van der Waals surface area contributed by atoms with Crippen molar-refractivity contribution >= 4 is 0 Å². The van der Waals surface area contributed by atoms with Crippen LogP contribution >= 0.6 is 0 Å². The minimum atomic E-state index is 0.968. The number of nitrogens with zero attached hydrogens (tertiary/aromatic N) is 2. The highest BCUT2D eigenvalue weighted by molar-refractivity contribution is 5.48. The van der Waals surface area contributed by atoms with Gasteiger partial charge in [-0.25, -0.2) is 4.98 Å². The van der Waals surface area contributed by atoms with Crippen molar-refractivity contribution < 1.29 is 0 Å². The van der Waals surface area contributed by atoms with E-state index in [1.165, 1.54) is 22.5 Å². The standard InChI is InChI=1S/C15H19N3/c1-2-4-13-9-17-11-18(13)15-6-3-5-12-7-8-16-10-14(12)15/h3,5-6,9,11,16H,2,4,7-8,10H2,1H3. The number of fused-ring (bicyclic) bond motifs is 1. The van der Waals surface area contributed by atoms with Crippen LogP contribution in [0.3, 0.4) is 0 Å². The van der Waals surface area contributed by atoms with Crippen LogP contribution in [0.5, 0.6) is 0 Å². The number of aryl methyl sites for hydroxylation is 1. The first-order valence-electron chi connectivity index (χ1n) is 6.73. The SMILES string of the molecule is CCCc1cncn1-c1cccc2c1CNCC2. The third-order valence-electron chi connectivity index (χ3n) is 3.60. The number of hydrogen-bond donors (Lipinski definition) is 1. The van der Waals surface area contributed by atoms with Crippen molar-refractivity contribution in [3.63, 3.8) is 0 Å². The van der Waals surface area contributed by atoms with Crippen LogP contribution in [0.25, 0.3) is 5.69 Å². The quantitative estimate of drug-likeness (QED) is 0.894. The smallest absolute Gasteiger partial charge is 0.0994 e. The fourth-order valence-corrected chi connectivity index (χ4v) is 2.70. The first-order chi connectivity index (χ1) is 8.90. The largest absolute Gasteiger partial charge is 0.312 e. The van der Waals surface area contributed by atoms with Gasteiger partial charge in [0, 0.05) is 18.4 Å². The van der Waals surface area contributed by atoms with E-state index in [2.05, 4.69) is 40.0 Å². The summed E-state index contributed by atoms with van der Waals surface area (Å²) in [6.45, 7) is 4.26. The number of imidazole rings is 1. The van der Waals surface area contributed by atoms with E-state index in [9.17, 15) is 0 Å².